The molecule has 25 heavy (non-hydrogen) atoms. The van der Waals surface area contributed by atoms with Crippen molar-refractivity contribution in [2.24, 2.45) is 0 Å². The van der Waals surface area contributed by atoms with Gasteiger partial charge in [-0.25, -0.2) is 4.79 Å². The van der Waals surface area contributed by atoms with Crippen LogP contribution >= 0.6 is 0 Å². The van der Waals surface area contributed by atoms with E-state index in [1.54, 1.807) is 12.4 Å². The molecule has 1 fully saturated rings. The number of hydrogen-bond donors (Lipinski definition) is 1. The first-order valence-corrected chi connectivity index (χ1v) is 8.59. The SMILES string of the molecule is Cc1cccc(OCCNC(=O)N2CCN(c3ccncc3)CC2)c1. The van der Waals surface area contributed by atoms with E-state index >= 15 is 0 Å². The summed E-state index contributed by atoms with van der Waals surface area (Å²) in [5.74, 6) is 0.834. The largest absolute Gasteiger partial charge is 0.492 e. The minimum atomic E-state index is -0.0257. The molecule has 3 rings (SSSR count). The Labute approximate surface area is 148 Å². The van der Waals surface area contributed by atoms with Crippen LogP contribution in [-0.4, -0.2) is 55.2 Å². The molecule has 0 bridgehead atoms. The van der Waals surface area contributed by atoms with Gasteiger partial charge in [-0.3, -0.25) is 4.98 Å². The number of pyridine rings is 1. The fraction of sp³-hybridized carbons (Fsp3) is 0.368. The molecule has 132 valence electrons. The van der Waals surface area contributed by atoms with Gasteiger partial charge >= 0.3 is 6.03 Å². The zero-order valence-corrected chi connectivity index (χ0v) is 14.5. The summed E-state index contributed by atoms with van der Waals surface area (Å²) in [7, 11) is 0. The monoisotopic (exact) mass is 340 g/mol. The number of ether oxygens (including phenoxy) is 1. The van der Waals surface area contributed by atoms with Crippen molar-refractivity contribution >= 4 is 11.7 Å². The fourth-order valence-corrected chi connectivity index (χ4v) is 2.87. The standard InChI is InChI=1S/C19H24N4O2/c1-16-3-2-4-18(15-16)25-14-9-21-19(24)23-12-10-22(11-13-23)17-5-7-20-8-6-17/h2-8,15H,9-14H2,1H3,(H,21,24). The van der Waals surface area contributed by atoms with Crippen LogP contribution in [0.1, 0.15) is 5.56 Å². The average Bonchev–Trinajstić information content (AvgIpc) is 2.66. The van der Waals surface area contributed by atoms with Crippen molar-refractivity contribution in [2.75, 3.05) is 44.2 Å². The number of urea groups is 1. The van der Waals surface area contributed by atoms with Crippen LogP contribution < -0.4 is 15.0 Å². The Bertz CT molecular complexity index is 685. The van der Waals surface area contributed by atoms with E-state index in [1.165, 1.54) is 0 Å². The Morgan fingerprint density at radius 1 is 1.16 bits per heavy atom. The third-order valence-electron chi connectivity index (χ3n) is 4.23. The highest BCUT2D eigenvalue weighted by Gasteiger charge is 2.20. The summed E-state index contributed by atoms with van der Waals surface area (Å²) < 4.78 is 5.65. The second kappa shape index (κ2) is 8.37. The van der Waals surface area contributed by atoms with Crippen LogP contribution in [0.2, 0.25) is 0 Å². The number of benzene rings is 1. The van der Waals surface area contributed by atoms with Crippen molar-refractivity contribution in [3.05, 3.63) is 54.4 Å². The summed E-state index contributed by atoms with van der Waals surface area (Å²) in [6.07, 6.45) is 3.59. The molecule has 2 heterocycles. The smallest absolute Gasteiger partial charge is 0.317 e. The van der Waals surface area contributed by atoms with Gasteiger partial charge in [-0.2, -0.15) is 0 Å². The number of nitrogens with zero attached hydrogens (tertiary/aromatic N) is 3. The number of nitrogens with one attached hydrogen (secondary N) is 1. The minimum Gasteiger partial charge on any atom is -0.492 e. The van der Waals surface area contributed by atoms with E-state index in [1.807, 2.05) is 48.2 Å². The van der Waals surface area contributed by atoms with Gasteiger partial charge in [-0.1, -0.05) is 12.1 Å². The molecule has 1 N–H and O–H groups in total. The summed E-state index contributed by atoms with van der Waals surface area (Å²) in [4.78, 5) is 20.4. The van der Waals surface area contributed by atoms with Gasteiger partial charge in [0.2, 0.25) is 0 Å². The van der Waals surface area contributed by atoms with Crippen molar-refractivity contribution in [1.82, 2.24) is 15.2 Å². The van der Waals surface area contributed by atoms with Gasteiger partial charge in [0, 0.05) is 44.3 Å². The highest BCUT2D eigenvalue weighted by molar-refractivity contribution is 5.74. The third kappa shape index (κ3) is 4.86. The molecule has 1 saturated heterocycles. The number of carbonyl (C=O) groups is 1. The second-order valence-corrected chi connectivity index (χ2v) is 6.08. The Morgan fingerprint density at radius 3 is 2.64 bits per heavy atom. The molecule has 0 spiro atoms. The van der Waals surface area contributed by atoms with Crippen LogP contribution in [0.5, 0.6) is 5.75 Å². The average molecular weight is 340 g/mol. The van der Waals surface area contributed by atoms with Crippen LogP contribution in [0.15, 0.2) is 48.8 Å². The van der Waals surface area contributed by atoms with Gasteiger partial charge in [0.25, 0.3) is 0 Å². The predicted octanol–water partition coefficient (Wildman–Crippen LogP) is 2.30. The minimum absolute atomic E-state index is 0.0257. The Hall–Kier alpha value is -2.76. The summed E-state index contributed by atoms with van der Waals surface area (Å²) in [5, 5.41) is 2.93. The Balaban J connectivity index is 1.37. The van der Waals surface area contributed by atoms with Crippen molar-refractivity contribution in [3.63, 3.8) is 0 Å². The van der Waals surface area contributed by atoms with E-state index in [9.17, 15) is 4.79 Å². The highest BCUT2D eigenvalue weighted by Crippen LogP contribution is 2.15. The molecular weight excluding hydrogens is 316 g/mol. The summed E-state index contributed by atoms with van der Waals surface area (Å²) in [6.45, 7) is 6.08. The number of piperazine rings is 1. The van der Waals surface area contributed by atoms with E-state index in [-0.39, 0.29) is 6.03 Å². The van der Waals surface area contributed by atoms with Gasteiger partial charge in [0.15, 0.2) is 0 Å². The van der Waals surface area contributed by atoms with Gasteiger partial charge in [0.05, 0.1) is 6.54 Å². The number of amides is 2. The van der Waals surface area contributed by atoms with Crippen LogP contribution in [0, 0.1) is 6.92 Å². The van der Waals surface area contributed by atoms with Gasteiger partial charge < -0.3 is 19.9 Å². The predicted molar refractivity (Wildman–Crippen MR) is 98.1 cm³/mol. The van der Waals surface area contributed by atoms with Gasteiger partial charge in [-0.05, 0) is 36.8 Å². The Morgan fingerprint density at radius 2 is 1.92 bits per heavy atom. The number of anilines is 1. The first kappa shape index (κ1) is 17.1. The molecule has 0 atom stereocenters. The van der Waals surface area contributed by atoms with E-state index in [0.29, 0.717) is 26.2 Å². The lowest BCUT2D eigenvalue weighted by molar-refractivity contribution is 0.191. The molecule has 1 aromatic heterocycles. The molecule has 0 unspecified atom stereocenters. The number of hydrogen-bond acceptors (Lipinski definition) is 4. The molecule has 1 aliphatic heterocycles. The van der Waals surface area contributed by atoms with E-state index in [4.69, 9.17) is 4.74 Å². The molecule has 0 saturated carbocycles. The quantitative estimate of drug-likeness (QED) is 0.849. The topological polar surface area (TPSA) is 57.7 Å². The van der Waals surface area contributed by atoms with Crippen LogP contribution in [0.25, 0.3) is 0 Å². The fourth-order valence-electron chi connectivity index (χ4n) is 2.87. The number of carbonyl (C=O) groups excluding carboxylic acids is 1. The van der Waals surface area contributed by atoms with Crippen LogP contribution in [0.4, 0.5) is 10.5 Å². The normalized spacial score (nSPS) is 14.3. The van der Waals surface area contributed by atoms with E-state index < -0.39 is 0 Å². The second-order valence-electron chi connectivity index (χ2n) is 6.08. The molecular formula is C19H24N4O2. The van der Waals surface area contributed by atoms with E-state index in [0.717, 1.165) is 30.1 Å². The van der Waals surface area contributed by atoms with Crippen LogP contribution in [-0.2, 0) is 0 Å². The zero-order chi connectivity index (χ0) is 17.5. The molecule has 0 aliphatic carbocycles. The molecule has 6 nitrogen and oxygen atoms in total. The number of rotatable bonds is 5. The molecule has 0 radical (unpaired) electrons. The maximum atomic E-state index is 12.2. The van der Waals surface area contributed by atoms with E-state index in [2.05, 4.69) is 15.2 Å². The zero-order valence-electron chi connectivity index (χ0n) is 14.5. The molecule has 1 aromatic carbocycles. The maximum absolute atomic E-state index is 12.2. The van der Waals surface area contributed by atoms with Crippen molar-refractivity contribution in [3.8, 4) is 5.75 Å². The highest BCUT2D eigenvalue weighted by atomic mass is 16.5. The van der Waals surface area contributed by atoms with Crippen molar-refractivity contribution < 1.29 is 9.53 Å². The number of aromatic nitrogens is 1. The lowest BCUT2D eigenvalue weighted by Gasteiger charge is -2.36. The molecule has 6 heteroatoms. The Kier molecular flexibility index (Phi) is 5.72. The van der Waals surface area contributed by atoms with Crippen molar-refractivity contribution in [1.29, 1.82) is 0 Å². The first-order chi connectivity index (χ1) is 12.2. The molecule has 1 aliphatic rings. The van der Waals surface area contributed by atoms with Gasteiger partial charge in [0.1, 0.15) is 12.4 Å². The lowest BCUT2D eigenvalue weighted by Crippen LogP contribution is -2.52. The van der Waals surface area contributed by atoms with Gasteiger partial charge in [-0.15, -0.1) is 0 Å². The summed E-state index contributed by atoms with van der Waals surface area (Å²) in [6, 6.07) is 11.9. The number of aryl methyl sites for hydroxylation is 1. The molecule has 2 amide bonds. The van der Waals surface area contributed by atoms with Crippen LogP contribution in [0.3, 0.4) is 0 Å². The first-order valence-electron chi connectivity index (χ1n) is 8.59. The summed E-state index contributed by atoms with van der Waals surface area (Å²) in [5.41, 5.74) is 2.32. The third-order valence-corrected chi connectivity index (χ3v) is 4.23. The molecule has 2 aromatic rings. The lowest BCUT2D eigenvalue weighted by atomic mass is 10.2. The maximum Gasteiger partial charge on any atom is 0.317 e. The van der Waals surface area contributed by atoms with Crippen molar-refractivity contribution in [2.45, 2.75) is 6.92 Å². The summed E-state index contributed by atoms with van der Waals surface area (Å²) >= 11 is 0.